The number of carboxylic acid groups (broad SMARTS) is 1. The lowest BCUT2D eigenvalue weighted by molar-refractivity contribution is -0.205. The zero-order chi connectivity index (χ0) is 26.3. The van der Waals surface area contributed by atoms with Gasteiger partial charge in [0.1, 0.15) is 35.9 Å². The number of aliphatic carboxylic acids is 1. The number of amides is 1. The topological polar surface area (TPSA) is 161 Å². The Morgan fingerprint density at radius 2 is 1.91 bits per heavy atom. The van der Waals surface area contributed by atoms with E-state index in [1.54, 1.807) is 18.1 Å². The highest BCUT2D eigenvalue weighted by atomic mass is 35.5. The summed E-state index contributed by atoms with van der Waals surface area (Å²) in [6.45, 7) is 3.31. The molecule has 0 bridgehead atoms. The summed E-state index contributed by atoms with van der Waals surface area (Å²) >= 11 is 7.76. The minimum absolute atomic E-state index is 0.0613. The van der Waals surface area contributed by atoms with Gasteiger partial charge in [-0.25, -0.2) is 0 Å². The van der Waals surface area contributed by atoms with E-state index in [4.69, 9.17) is 26.2 Å². The quantitative estimate of drug-likeness (QED) is 0.207. The second-order valence-electron chi connectivity index (χ2n) is 8.65. The third-order valence-corrected chi connectivity index (χ3v) is 7.37. The molecule has 0 aromatic rings. The summed E-state index contributed by atoms with van der Waals surface area (Å²) in [4.78, 5) is 26.0. The van der Waals surface area contributed by atoms with Crippen LogP contribution in [0.1, 0.15) is 6.92 Å². The number of carboxylic acids is 1. The van der Waals surface area contributed by atoms with Crippen LogP contribution in [0.2, 0.25) is 0 Å². The molecule has 11 nitrogen and oxygen atoms in total. The number of nitrogens with one attached hydrogen (secondary N) is 2. The molecule has 6 N–H and O–H groups in total. The van der Waals surface area contributed by atoms with Gasteiger partial charge in [0.15, 0.2) is 0 Å². The molecule has 0 aromatic heterocycles. The molecule has 3 heterocycles. The molecule has 0 radical (unpaired) electrons. The van der Waals surface area contributed by atoms with E-state index in [0.717, 1.165) is 0 Å². The highest BCUT2D eigenvalue weighted by Crippen LogP contribution is 2.30. The Labute approximate surface area is 217 Å². The van der Waals surface area contributed by atoms with Crippen LogP contribution in [0.3, 0.4) is 0 Å². The molecule has 10 atom stereocenters. The Hall–Kier alpha value is -0.420. The number of nitrogens with zero attached hydrogens (tertiary/aromatic N) is 1. The molecule has 3 aliphatic heterocycles. The Morgan fingerprint density at radius 3 is 2.49 bits per heavy atom. The normalized spacial score (nSPS) is 37.3. The first-order valence-electron chi connectivity index (χ1n) is 11.2. The molecule has 0 saturated carbocycles. The van der Waals surface area contributed by atoms with Gasteiger partial charge in [-0.3, -0.25) is 14.5 Å². The van der Waals surface area contributed by atoms with E-state index in [1.807, 2.05) is 0 Å². The Bertz CT molecular complexity index is 701. The number of carbonyl (C=O) groups is 2. The van der Waals surface area contributed by atoms with Crippen molar-refractivity contribution in [3.63, 3.8) is 0 Å². The summed E-state index contributed by atoms with van der Waals surface area (Å²) in [7, 11) is 0. The molecule has 0 aromatic carbocycles. The van der Waals surface area contributed by atoms with E-state index in [1.165, 1.54) is 18.0 Å². The molecule has 3 saturated heterocycles. The first-order chi connectivity index (χ1) is 16.5. The van der Waals surface area contributed by atoms with E-state index in [2.05, 4.69) is 10.6 Å². The zero-order valence-corrected chi connectivity index (χ0v) is 22.1. The number of rotatable bonds is 7. The number of thioether (sulfide) groups is 1. The zero-order valence-electron chi connectivity index (χ0n) is 19.8. The van der Waals surface area contributed by atoms with Gasteiger partial charge in [0, 0.05) is 44.0 Å². The van der Waals surface area contributed by atoms with E-state index in [9.17, 15) is 28.8 Å². The maximum atomic E-state index is 13.2. The Morgan fingerprint density at radius 1 is 1.26 bits per heavy atom. The van der Waals surface area contributed by atoms with E-state index < -0.39 is 65.3 Å². The number of ether oxygens (including phenoxy) is 2. The van der Waals surface area contributed by atoms with Gasteiger partial charge in [-0.15, -0.1) is 23.4 Å². The number of aliphatic hydroxyl groups excluding tert-OH is 3. The summed E-state index contributed by atoms with van der Waals surface area (Å²) in [5, 5.41) is 45.2. The number of hydrogen-bond acceptors (Lipinski definition) is 11. The van der Waals surface area contributed by atoms with E-state index >= 15 is 0 Å². The maximum Gasteiger partial charge on any atom is 0.317 e. The second kappa shape index (κ2) is 14.5. The van der Waals surface area contributed by atoms with Gasteiger partial charge in [-0.05, 0) is 13.2 Å². The van der Waals surface area contributed by atoms with Crippen LogP contribution in [0, 0.1) is 5.92 Å². The minimum Gasteiger partial charge on any atom is -0.480 e. The van der Waals surface area contributed by atoms with Crippen molar-refractivity contribution in [3.8, 4) is 0 Å². The highest BCUT2D eigenvalue weighted by Gasteiger charge is 2.49. The first kappa shape index (κ1) is 30.8. The molecule has 0 spiro atoms. The van der Waals surface area contributed by atoms with Gasteiger partial charge in [0.05, 0.1) is 30.7 Å². The van der Waals surface area contributed by atoms with Crippen LogP contribution in [0.25, 0.3) is 0 Å². The summed E-state index contributed by atoms with van der Waals surface area (Å²) < 4.78 is 21.9. The maximum absolute atomic E-state index is 13.2. The summed E-state index contributed by atoms with van der Waals surface area (Å²) in [5.74, 6) is -1.36. The molecule has 3 rings (SSSR count). The van der Waals surface area contributed by atoms with E-state index in [0.29, 0.717) is 26.2 Å². The number of halogens is 2. The fraction of sp³-hybridized carbons (Fsp3) is 0.900. The highest BCUT2D eigenvalue weighted by molar-refractivity contribution is 7.99. The Balaban J connectivity index is 0.00000137. The SMILES string of the molecule is CSC1O[C@H]([C@H](NC(=O)[C@H]2NC[C@@H]3CN(CC(=O)O)CCO[C@H]32)[C@H](C)Cl)C(O)[C@@H](O)[C@H]1O.CSF. The second-order valence-corrected chi connectivity index (χ2v) is 10.6. The van der Waals surface area contributed by atoms with Gasteiger partial charge < -0.3 is 40.5 Å². The van der Waals surface area contributed by atoms with Gasteiger partial charge in [-0.2, -0.15) is 3.89 Å². The third-order valence-electron chi connectivity index (χ3n) is 6.24. The van der Waals surface area contributed by atoms with Crippen LogP contribution in [-0.2, 0) is 19.1 Å². The van der Waals surface area contributed by atoms with Crippen LogP contribution < -0.4 is 10.6 Å². The molecule has 204 valence electrons. The molecule has 15 heteroatoms. The van der Waals surface area contributed by atoms with Crippen molar-refractivity contribution < 1.29 is 43.4 Å². The number of carbonyl (C=O) groups excluding carboxylic acids is 1. The molecule has 1 amide bonds. The monoisotopic (exact) mass is 563 g/mol. The molecular formula is C20H35ClFN3O8S2. The van der Waals surface area contributed by atoms with Crippen molar-refractivity contribution in [3.05, 3.63) is 0 Å². The van der Waals surface area contributed by atoms with Crippen molar-refractivity contribution in [1.82, 2.24) is 15.5 Å². The standard InChI is InChI=1S/C19H32ClN3O8S.CH3FS/c1-8(20)11(17-14(27)13(26)15(28)19(31-17)32-2)22-18(29)12-16-9(5-21-12)6-23(3-4-30-16)7-10(24)25;1-3-2/h8-9,11-17,19,21,26-28H,3-7H2,1-2H3,(H,22,29)(H,24,25);1H3/t8-,9+,11+,12-,13+,14?,15+,16+,17+,19?;/m0./s1. The smallest absolute Gasteiger partial charge is 0.317 e. The third kappa shape index (κ3) is 8.03. The lowest BCUT2D eigenvalue weighted by Gasteiger charge is -2.44. The predicted octanol–water partition coefficient (Wildman–Crippen LogP) is -1.12. The first-order valence-corrected chi connectivity index (χ1v) is 14.0. The predicted molar refractivity (Wildman–Crippen MR) is 131 cm³/mol. The fourth-order valence-corrected chi connectivity index (χ4v) is 5.46. The number of alkyl halides is 1. The summed E-state index contributed by atoms with van der Waals surface area (Å²) in [6.07, 6.45) is -2.55. The minimum atomic E-state index is -1.44. The van der Waals surface area contributed by atoms with Gasteiger partial charge in [-0.1, -0.05) is 0 Å². The van der Waals surface area contributed by atoms with Crippen LogP contribution >= 0.6 is 35.5 Å². The van der Waals surface area contributed by atoms with Crippen molar-refractivity contribution in [2.24, 2.45) is 5.92 Å². The molecule has 35 heavy (non-hydrogen) atoms. The molecule has 3 aliphatic rings. The Kier molecular flexibility index (Phi) is 12.8. The van der Waals surface area contributed by atoms with Crippen LogP contribution in [0.4, 0.5) is 3.89 Å². The lowest BCUT2D eigenvalue weighted by atomic mass is 9.92. The van der Waals surface area contributed by atoms with Crippen molar-refractivity contribution in [2.75, 3.05) is 45.3 Å². The average molecular weight is 564 g/mol. The summed E-state index contributed by atoms with van der Waals surface area (Å²) in [5.41, 5.74) is -0.785. The van der Waals surface area contributed by atoms with Gasteiger partial charge in [0.25, 0.3) is 0 Å². The fourth-order valence-electron chi connectivity index (χ4n) is 4.58. The number of fused-ring (bicyclic) bond motifs is 1. The molecule has 0 aliphatic carbocycles. The van der Waals surface area contributed by atoms with E-state index in [-0.39, 0.29) is 24.6 Å². The van der Waals surface area contributed by atoms with Crippen LogP contribution in [0.5, 0.6) is 0 Å². The van der Waals surface area contributed by atoms with Crippen LogP contribution in [-0.4, -0.2) is 136 Å². The van der Waals surface area contributed by atoms with Crippen LogP contribution in [0.15, 0.2) is 0 Å². The molecule has 2 unspecified atom stereocenters. The largest absolute Gasteiger partial charge is 0.480 e. The summed E-state index contributed by atoms with van der Waals surface area (Å²) in [6, 6.07) is -1.53. The number of aliphatic hydroxyl groups is 3. The molecular weight excluding hydrogens is 529 g/mol. The van der Waals surface area contributed by atoms with Gasteiger partial charge in [0.2, 0.25) is 5.91 Å². The van der Waals surface area contributed by atoms with Crippen molar-refractivity contribution in [1.29, 1.82) is 0 Å². The average Bonchev–Trinajstić information content (AvgIpc) is 3.08. The lowest BCUT2D eigenvalue weighted by Crippen LogP contribution is -2.65. The van der Waals surface area contributed by atoms with Gasteiger partial charge >= 0.3 is 5.97 Å². The van der Waals surface area contributed by atoms with Crippen molar-refractivity contribution in [2.45, 2.75) is 60.3 Å². The number of hydrogen-bond donors (Lipinski definition) is 6. The molecule has 3 fully saturated rings. The van der Waals surface area contributed by atoms with Crippen molar-refractivity contribution >= 4 is 47.4 Å².